The van der Waals surface area contributed by atoms with Crippen LogP contribution in [0.1, 0.15) is 0 Å². The third-order valence-corrected chi connectivity index (χ3v) is 5.93. The maximum Gasteiger partial charge on any atom is 0.264 e. The fraction of sp³-hybridized carbons (Fsp3) is 0. The fourth-order valence-corrected chi connectivity index (χ4v) is 4.54. The minimum absolute atomic E-state index is 0.188. The van der Waals surface area contributed by atoms with Crippen LogP contribution in [0.4, 0.5) is 5.69 Å². The van der Waals surface area contributed by atoms with Crippen LogP contribution in [0, 0.1) is 0 Å². The van der Waals surface area contributed by atoms with E-state index in [1.54, 1.807) is 41.9 Å². The number of aromatic amines is 1. The van der Waals surface area contributed by atoms with Crippen molar-refractivity contribution in [3.05, 3.63) is 53.1 Å². The summed E-state index contributed by atoms with van der Waals surface area (Å²) in [5.41, 5.74) is 3.76. The van der Waals surface area contributed by atoms with Gasteiger partial charge in [0.25, 0.3) is 10.0 Å². The van der Waals surface area contributed by atoms with Crippen molar-refractivity contribution in [1.29, 1.82) is 0 Å². The summed E-state index contributed by atoms with van der Waals surface area (Å²) in [5.74, 6) is 0. The molecule has 0 atom stereocenters. The molecule has 0 radical (unpaired) electrons. The first kappa shape index (κ1) is 14.5. The second kappa shape index (κ2) is 5.23. The number of hydrogen-bond donors (Lipinski definition) is 2. The summed E-state index contributed by atoms with van der Waals surface area (Å²) in [6.07, 6.45) is 1.47. The van der Waals surface area contributed by atoms with Gasteiger partial charge >= 0.3 is 0 Å². The standard InChI is InChI=1S/C15H10ClN3O2S2/c16-9-1-3-11-13(5-9)17-7-15(11)23(20,21)19-10-2-4-12-14(6-10)22-8-18-12/h1-8,17,19H. The first-order valence-corrected chi connectivity index (χ1v) is 9.40. The number of sulfonamides is 1. The summed E-state index contributed by atoms with van der Waals surface area (Å²) in [5, 5.41) is 1.15. The molecule has 0 aliphatic heterocycles. The molecule has 0 fully saturated rings. The number of aromatic nitrogens is 2. The van der Waals surface area contributed by atoms with Gasteiger partial charge in [-0.25, -0.2) is 13.4 Å². The Kier molecular flexibility index (Phi) is 3.29. The lowest BCUT2D eigenvalue weighted by atomic mass is 10.2. The molecule has 2 aromatic heterocycles. The Labute approximate surface area is 141 Å². The number of thiazole rings is 1. The third-order valence-electron chi connectivity index (χ3n) is 3.48. The molecular formula is C15H10ClN3O2S2. The maximum absolute atomic E-state index is 12.7. The molecule has 0 amide bonds. The monoisotopic (exact) mass is 363 g/mol. The van der Waals surface area contributed by atoms with Crippen molar-refractivity contribution in [2.75, 3.05) is 4.72 Å². The van der Waals surface area contributed by atoms with Crippen LogP contribution in [0.3, 0.4) is 0 Å². The molecule has 0 saturated heterocycles. The van der Waals surface area contributed by atoms with E-state index in [9.17, 15) is 8.42 Å². The highest BCUT2D eigenvalue weighted by Gasteiger charge is 2.19. The Morgan fingerprint density at radius 3 is 2.91 bits per heavy atom. The normalized spacial score (nSPS) is 12.0. The van der Waals surface area contributed by atoms with Gasteiger partial charge in [0.15, 0.2) is 0 Å². The second-order valence-electron chi connectivity index (χ2n) is 4.98. The summed E-state index contributed by atoms with van der Waals surface area (Å²) >= 11 is 7.39. The van der Waals surface area contributed by atoms with Crippen molar-refractivity contribution in [1.82, 2.24) is 9.97 Å². The minimum Gasteiger partial charge on any atom is -0.360 e. The minimum atomic E-state index is -3.70. The van der Waals surface area contributed by atoms with Crippen LogP contribution < -0.4 is 4.72 Å². The van der Waals surface area contributed by atoms with E-state index in [1.807, 2.05) is 0 Å². The number of benzene rings is 2. The van der Waals surface area contributed by atoms with Crippen molar-refractivity contribution in [2.24, 2.45) is 0 Å². The highest BCUT2D eigenvalue weighted by molar-refractivity contribution is 7.93. The molecule has 2 aromatic carbocycles. The Balaban J connectivity index is 1.76. The second-order valence-corrected chi connectivity index (χ2v) is 7.96. The average Bonchev–Trinajstić information content (AvgIpc) is 3.12. The van der Waals surface area contributed by atoms with Gasteiger partial charge in [-0.15, -0.1) is 11.3 Å². The molecule has 2 N–H and O–H groups in total. The number of hydrogen-bond acceptors (Lipinski definition) is 4. The summed E-state index contributed by atoms with van der Waals surface area (Å²) < 4.78 is 28.9. The number of H-pyrrole nitrogens is 1. The summed E-state index contributed by atoms with van der Waals surface area (Å²) in [7, 11) is -3.70. The van der Waals surface area contributed by atoms with Crippen molar-refractivity contribution in [2.45, 2.75) is 4.90 Å². The van der Waals surface area contributed by atoms with Gasteiger partial charge in [0.2, 0.25) is 0 Å². The van der Waals surface area contributed by atoms with Gasteiger partial charge in [-0.1, -0.05) is 11.6 Å². The Morgan fingerprint density at radius 1 is 1.17 bits per heavy atom. The van der Waals surface area contributed by atoms with Crippen LogP contribution in [0.5, 0.6) is 0 Å². The quantitative estimate of drug-likeness (QED) is 0.572. The van der Waals surface area contributed by atoms with Crippen molar-refractivity contribution < 1.29 is 8.42 Å². The van der Waals surface area contributed by atoms with Crippen molar-refractivity contribution in [3.63, 3.8) is 0 Å². The first-order chi connectivity index (χ1) is 11.0. The number of halogens is 1. The molecular weight excluding hydrogens is 354 g/mol. The molecule has 0 saturated carbocycles. The molecule has 0 spiro atoms. The number of rotatable bonds is 3. The smallest absolute Gasteiger partial charge is 0.264 e. The van der Waals surface area contributed by atoms with Gasteiger partial charge < -0.3 is 4.98 Å². The lowest BCUT2D eigenvalue weighted by Gasteiger charge is -2.07. The van der Waals surface area contributed by atoms with Crippen LogP contribution in [-0.2, 0) is 10.0 Å². The van der Waals surface area contributed by atoms with Crippen LogP contribution in [-0.4, -0.2) is 18.4 Å². The molecule has 5 nitrogen and oxygen atoms in total. The third kappa shape index (κ3) is 2.56. The van der Waals surface area contributed by atoms with E-state index in [2.05, 4.69) is 14.7 Å². The Bertz CT molecular complexity index is 1130. The number of nitrogens with zero attached hydrogens (tertiary/aromatic N) is 1. The van der Waals surface area contributed by atoms with E-state index in [1.165, 1.54) is 17.5 Å². The van der Waals surface area contributed by atoms with E-state index in [4.69, 9.17) is 11.6 Å². The van der Waals surface area contributed by atoms with E-state index < -0.39 is 10.0 Å². The summed E-state index contributed by atoms with van der Waals surface area (Å²) in [6, 6.07) is 10.3. The summed E-state index contributed by atoms with van der Waals surface area (Å²) in [4.78, 5) is 7.30. The van der Waals surface area contributed by atoms with Gasteiger partial charge in [0.05, 0.1) is 21.4 Å². The Morgan fingerprint density at radius 2 is 2.04 bits per heavy atom. The van der Waals surface area contributed by atoms with E-state index in [-0.39, 0.29) is 4.90 Å². The lowest BCUT2D eigenvalue weighted by Crippen LogP contribution is -2.12. The van der Waals surface area contributed by atoms with E-state index in [0.717, 1.165) is 10.2 Å². The predicted octanol–water partition coefficient (Wildman–Crippen LogP) is 4.23. The Hall–Kier alpha value is -2.09. The van der Waals surface area contributed by atoms with E-state index in [0.29, 0.717) is 21.6 Å². The molecule has 116 valence electrons. The number of anilines is 1. The van der Waals surface area contributed by atoms with Crippen molar-refractivity contribution in [3.8, 4) is 0 Å². The predicted molar refractivity (Wildman–Crippen MR) is 93.7 cm³/mol. The highest BCUT2D eigenvalue weighted by atomic mass is 35.5. The zero-order chi connectivity index (χ0) is 16.0. The molecule has 0 aliphatic carbocycles. The van der Waals surface area contributed by atoms with Crippen LogP contribution in [0.2, 0.25) is 5.02 Å². The van der Waals surface area contributed by atoms with Crippen molar-refractivity contribution >= 4 is 59.8 Å². The first-order valence-electron chi connectivity index (χ1n) is 6.66. The highest BCUT2D eigenvalue weighted by Crippen LogP contribution is 2.28. The molecule has 0 unspecified atom stereocenters. The molecule has 8 heteroatoms. The maximum atomic E-state index is 12.7. The lowest BCUT2D eigenvalue weighted by molar-refractivity contribution is 0.602. The van der Waals surface area contributed by atoms with Crippen LogP contribution >= 0.6 is 22.9 Å². The molecule has 0 bridgehead atoms. The summed E-state index contributed by atoms with van der Waals surface area (Å²) in [6.45, 7) is 0. The fourth-order valence-electron chi connectivity index (χ4n) is 2.42. The zero-order valence-electron chi connectivity index (χ0n) is 11.6. The molecule has 4 aromatic rings. The van der Waals surface area contributed by atoms with Gasteiger partial charge in [0.1, 0.15) is 4.90 Å². The topological polar surface area (TPSA) is 74.8 Å². The number of nitrogens with one attached hydrogen (secondary N) is 2. The van der Waals surface area contributed by atoms with Gasteiger partial charge in [-0.2, -0.15) is 0 Å². The van der Waals surface area contributed by atoms with Gasteiger partial charge in [-0.3, -0.25) is 4.72 Å². The molecule has 0 aliphatic rings. The molecule has 23 heavy (non-hydrogen) atoms. The van der Waals surface area contributed by atoms with Crippen LogP contribution in [0.15, 0.2) is 53.0 Å². The van der Waals surface area contributed by atoms with E-state index >= 15 is 0 Å². The SMILES string of the molecule is O=S(=O)(Nc1ccc2ncsc2c1)c1c[nH]c2cc(Cl)ccc12. The zero-order valence-corrected chi connectivity index (χ0v) is 14.0. The largest absolute Gasteiger partial charge is 0.360 e. The van der Waals surface area contributed by atoms with Gasteiger partial charge in [-0.05, 0) is 36.4 Å². The molecule has 2 heterocycles. The average molecular weight is 364 g/mol. The van der Waals surface area contributed by atoms with Crippen LogP contribution in [0.25, 0.3) is 21.1 Å². The number of fused-ring (bicyclic) bond motifs is 2. The van der Waals surface area contributed by atoms with Gasteiger partial charge in [0, 0.05) is 22.1 Å². The molecule has 4 rings (SSSR count).